The highest BCUT2D eigenvalue weighted by molar-refractivity contribution is 14.1. The van der Waals surface area contributed by atoms with Crippen LogP contribution in [-0.2, 0) is 13.2 Å². The normalized spacial score (nSPS) is 10.6. The molecule has 3 rings (SSSR count). The zero-order valence-electron chi connectivity index (χ0n) is 14.4. The number of aromatic nitrogens is 2. The molecule has 0 unspecified atom stereocenters. The van der Waals surface area contributed by atoms with Crippen LogP contribution in [0.1, 0.15) is 33.7 Å². The van der Waals surface area contributed by atoms with E-state index in [0.29, 0.717) is 18.1 Å². The minimum atomic E-state index is -0.719. The lowest BCUT2D eigenvalue weighted by molar-refractivity contribution is 0.0992. The monoisotopic (exact) mass is 480 g/mol. The molecule has 2 heterocycles. The first kappa shape index (κ1) is 19.0. The molecular formula is C18H17IN4O4. The number of nitrogens with zero attached hydrogens (tertiary/aromatic N) is 2. The number of primary amides is 1. The minimum Gasteiger partial charge on any atom is -0.486 e. The third-order valence-corrected chi connectivity index (χ3v) is 4.37. The Morgan fingerprint density at radius 1 is 1.26 bits per heavy atom. The fraction of sp³-hybridized carbons (Fsp3) is 0.167. The Morgan fingerprint density at radius 2 is 2.00 bits per heavy atom. The number of rotatable bonds is 7. The van der Waals surface area contributed by atoms with Gasteiger partial charge in [-0.3, -0.25) is 14.3 Å². The molecule has 0 saturated heterocycles. The molecule has 0 aliphatic heterocycles. The van der Waals surface area contributed by atoms with Crippen LogP contribution in [-0.4, -0.2) is 21.6 Å². The van der Waals surface area contributed by atoms with Crippen molar-refractivity contribution in [3.63, 3.8) is 0 Å². The molecule has 140 valence electrons. The molecule has 8 nitrogen and oxygen atoms in total. The summed E-state index contributed by atoms with van der Waals surface area (Å²) in [5.74, 6) is 0.0714. The van der Waals surface area contributed by atoms with Gasteiger partial charge in [-0.15, -0.1) is 0 Å². The molecule has 9 heteroatoms. The van der Waals surface area contributed by atoms with Crippen molar-refractivity contribution in [1.82, 2.24) is 9.78 Å². The van der Waals surface area contributed by atoms with Gasteiger partial charge in [-0.1, -0.05) is 0 Å². The highest BCUT2D eigenvalue weighted by atomic mass is 127. The summed E-state index contributed by atoms with van der Waals surface area (Å²) >= 11 is 2.21. The quantitative estimate of drug-likeness (QED) is 0.505. The summed E-state index contributed by atoms with van der Waals surface area (Å²) in [7, 11) is 0. The first-order valence-electron chi connectivity index (χ1n) is 8.12. The van der Waals surface area contributed by atoms with Crippen LogP contribution in [0.3, 0.4) is 0 Å². The number of halogens is 1. The lowest BCUT2D eigenvalue weighted by Crippen LogP contribution is -2.17. The van der Waals surface area contributed by atoms with Crippen LogP contribution >= 0.6 is 22.6 Å². The summed E-state index contributed by atoms with van der Waals surface area (Å²) < 4.78 is 13.8. The van der Waals surface area contributed by atoms with E-state index in [-0.39, 0.29) is 23.7 Å². The van der Waals surface area contributed by atoms with Crippen LogP contribution in [0.5, 0.6) is 5.75 Å². The molecule has 0 aliphatic carbocycles. The fourth-order valence-corrected chi connectivity index (χ4v) is 2.66. The number of anilines is 1. The summed E-state index contributed by atoms with van der Waals surface area (Å²) in [5.41, 5.74) is 5.54. The van der Waals surface area contributed by atoms with Crippen molar-refractivity contribution in [3.05, 3.63) is 63.4 Å². The van der Waals surface area contributed by atoms with Crippen LogP contribution in [0.25, 0.3) is 0 Å². The van der Waals surface area contributed by atoms with Gasteiger partial charge < -0.3 is 20.2 Å². The number of ether oxygens (including phenoxy) is 1. The topological polar surface area (TPSA) is 112 Å². The molecule has 3 aromatic rings. The van der Waals surface area contributed by atoms with Crippen molar-refractivity contribution in [2.24, 2.45) is 5.73 Å². The molecule has 0 radical (unpaired) electrons. The van der Waals surface area contributed by atoms with Crippen molar-refractivity contribution >= 4 is 40.1 Å². The van der Waals surface area contributed by atoms with Gasteiger partial charge in [0.05, 0.1) is 5.69 Å². The van der Waals surface area contributed by atoms with Crippen molar-refractivity contribution in [2.45, 2.75) is 20.1 Å². The molecule has 0 fully saturated rings. The number of nitrogens with two attached hydrogens (primary N) is 1. The van der Waals surface area contributed by atoms with Crippen LogP contribution in [0.15, 0.2) is 47.0 Å². The van der Waals surface area contributed by atoms with Gasteiger partial charge in [0.2, 0.25) is 0 Å². The number of carbonyl (C=O) groups is 2. The molecule has 0 saturated carbocycles. The summed E-state index contributed by atoms with van der Waals surface area (Å²) in [5, 5.41) is 6.62. The van der Waals surface area contributed by atoms with Crippen molar-refractivity contribution in [3.8, 4) is 5.75 Å². The molecule has 0 bridgehead atoms. The summed E-state index contributed by atoms with van der Waals surface area (Å²) in [6.45, 7) is 2.58. The number of benzene rings is 1. The Hall–Kier alpha value is -2.82. The average molecular weight is 480 g/mol. The van der Waals surface area contributed by atoms with Crippen LogP contribution < -0.4 is 15.8 Å². The first-order valence-corrected chi connectivity index (χ1v) is 9.20. The summed E-state index contributed by atoms with van der Waals surface area (Å²) in [6.07, 6.45) is 1.54. The van der Waals surface area contributed by atoms with E-state index < -0.39 is 11.8 Å². The molecule has 0 spiro atoms. The van der Waals surface area contributed by atoms with Crippen molar-refractivity contribution in [2.75, 3.05) is 5.32 Å². The van der Waals surface area contributed by atoms with Gasteiger partial charge in [-0.05, 0) is 65.9 Å². The average Bonchev–Trinajstić information content (AvgIpc) is 3.28. The van der Waals surface area contributed by atoms with Crippen LogP contribution in [0.4, 0.5) is 5.69 Å². The molecule has 2 amide bonds. The van der Waals surface area contributed by atoms with Crippen LogP contribution in [0.2, 0.25) is 0 Å². The number of hydrogen-bond acceptors (Lipinski definition) is 5. The molecule has 27 heavy (non-hydrogen) atoms. The van der Waals surface area contributed by atoms with E-state index in [9.17, 15) is 9.59 Å². The number of amides is 2. The second-order valence-electron chi connectivity index (χ2n) is 5.57. The van der Waals surface area contributed by atoms with Gasteiger partial charge in [0.15, 0.2) is 11.5 Å². The Balaban J connectivity index is 1.65. The predicted octanol–water partition coefficient (Wildman–Crippen LogP) is 3.03. The zero-order chi connectivity index (χ0) is 19.4. The minimum absolute atomic E-state index is 0.000905. The number of carbonyl (C=O) groups excluding carboxylic acids is 2. The maximum atomic E-state index is 12.4. The Labute approximate surface area is 168 Å². The fourth-order valence-electron chi connectivity index (χ4n) is 2.30. The molecular weight excluding hydrogens is 463 g/mol. The van der Waals surface area contributed by atoms with E-state index in [0.717, 1.165) is 3.57 Å². The zero-order valence-corrected chi connectivity index (χ0v) is 16.6. The van der Waals surface area contributed by atoms with E-state index in [1.165, 1.54) is 10.7 Å². The first-order chi connectivity index (χ1) is 13.0. The molecule has 0 aliphatic rings. The Morgan fingerprint density at radius 3 is 2.67 bits per heavy atom. The molecule has 0 atom stereocenters. The van der Waals surface area contributed by atoms with Crippen molar-refractivity contribution in [1.29, 1.82) is 0 Å². The number of nitrogens with one attached hydrogen (secondary N) is 1. The lowest BCUT2D eigenvalue weighted by atomic mass is 10.3. The van der Waals surface area contributed by atoms with Gasteiger partial charge in [0.25, 0.3) is 11.8 Å². The Bertz CT molecular complexity index is 962. The molecule has 3 N–H and O–H groups in total. The van der Waals surface area contributed by atoms with Crippen molar-refractivity contribution < 1.29 is 18.7 Å². The van der Waals surface area contributed by atoms with Gasteiger partial charge in [0, 0.05) is 16.3 Å². The van der Waals surface area contributed by atoms with Gasteiger partial charge in [0.1, 0.15) is 18.1 Å². The number of hydrogen-bond donors (Lipinski definition) is 2. The largest absolute Gasteiger partial charge is 0.486 e. The lowest BCUT2D eigenvalue weighted by Gasteiger charge is -2.04. The van der Waals surface area contributed by atoms with E-state index >= 15 is 0 Å². The standard InChI is InChI=1S/C18H17IN4O4/c1-2-23-9-14(16(22-23)17(20)24)21-18(25)15-8-7-13(27-15)10-26-12-5-3-11(19)4-6-12/h3-9H,2,10H2,1H3,(H2,20,24)(H,21,25). The molecule has 1 aromatic carbocycles. The highest BCUT2D eigenvalue weighted by Crippen LogP contribution is 2.18. The van der Waals surface area contributed by atoms with Gasteiger partial charge in [-0.25, -0.2) is 0 Å². The van der Waals surface area contributed by atoms with E-state index in [4.69, 9.17) is 14.9 Å². The smallest absolute Gasteiger partial charge is 0.291 e. The third kappa shape index (κ3) is 4.67. The predicted molar refractivity (Wildman–Crippen MR) is 107 cm³/mol. The number of furan rings is 1. The second kappa shape index (κ2) is 8.25. The summed E-state index contributed by atoms with van der Waals surface area (Å²) in [4.78, 5) is 23.8. The van der Waals surface area contributed by atoms with E-state index in [1.807, 2.05) is 31.2 Å². The van der Waals surface area contributed by atoms with E-state index in [2.05, 4.69) is 33.0 Å². The second-order valence-corrected chi connectivity index (χ2v) is 6.82. The summed E-state index contributed by atoms with van der Waals surface area (Å²) in [6, 6.07) is 10.8. The van der Waals surface area contributed by atoms with Crippen LogP contribution in [0, 0.1) is 3.57 Å². The SMILES string of the molecule is CCn1cc(NC(=O)c2ccc(COc3ccc(I)cc3)o2)c(C(N)=O)n1. The number of aryl methyl sites for hydroxylation is 1. The molecule has 2 aromatic heterocycles. The third-order valence-electron chi connectivity index (χ3n) is 3.65. The van der Waals surface area contributed by atoms with E-state index in [1.54, 1.807) is 12.3 Å². The highest BCUT2D eigenvalue weighted by Gasteiger charge is 2.18. The maximum Gasteiger partial charge on any atom is 0.291 e. The van der Waals surface area contributed by atoms with Gasteiger partial charge >= 0.3 is 0 Å². The maximum absolute atomic E-state index is 12.4. The Kier molecular flexibility index (Phi) is 5.79. The van der Waals surface area contributed by atoms with Gasteiger partial charge in [-0.2, -0.15) is 5.10 Å².